The third kappa shape index (κ3) is 0.966. The van der Waals surface area contributed by atoms with Crippen LogP contribution in [-0.2, 0) is 0 Å². The van der Waals surface area contributed by atoms with Crippen molar-refractivity contribution >= 4 is 12.6 Å². The molecule has 1 aliphatic rings. The van der Waals surface area contributed by atoms with E-state index in [1.165, 1.54) is 0 Å². The van der Waals surface area contributed by atoms with E-state index in [1.807, 2.05) is 0 Å². The Morgan fingerprint density at radius 2 is 2.12 bits per heavy atom. The van der Waals surface area contributed by atoms with Gasteiger partial charge in [-0.05, 0) is 12.8 Å². The SMILES string of the molecule is FC1(F)CCCC1S. The molecule has 0 aromatic carbocycles. The number of thiol groups is 1. The standard InChI is InChI=1S/C5H8F2S/c6-5(7)3-1-2-4(5)8/h4,8H,1-3H2. The minimum absolute atomic E-state index is 0.0289. The molecule has 0 saturated heterocycles. The molecule has 0 radical (unpaired) electrons. The first-order valence-corrected chi connectivity index (χ1v) is 3.20. The lowest BCUT2D eigenvalue weighted by Crippen LogP contribution is -2.21. The molecule has 0 aromatic rings. The molecule has 0 amide bonds. The Hall–Kier alpha value is 0.210. The van der Waals surface area contributed by atoms with Crippen LogP contribution in [0.15, 0.2) is 0 Å². The fraction of sp³-hybridized carbons (Fsp3) is 1.00. The summed E-state index contributed by atoms with van der Waals surface area (Å²) in [6.07, 6.45) is 1.22. The average molecular weight is 138 g/mol. The summed E-state index contributed by atoms with van der Waals surface area (Å²) in [5, 5.41) is -0.678. The molecule has 0 spiro atoms. The van der Waals surface area contributed by atoms with Gasteiger partial charge in [0.15, 0.2) is 0 Å². The van der Waals surface area contributed by atoms with E-state index < -0.39 is 11.2 Å². The van der Waals surface area contributed by atoms with Gasteiger partial charge in [-0.3, -0.25) is 0 Å². The smallest absolute Gasteiger partial charge is 0.206 e. The van der Waals surface area contributed by atoms with Gasteiger partial charge in [-0.2, -0.15) is 12.6 Å². The van der Waals surface area contributed by atoms with E-state index in [9.17, 15) is 8.78 Å². The average Bonchev–Trinajstić information content (AvgIpc) is 1.86. The Kier molecular flexibility index (Phi) is 1.48. The summed E-state index contributed by atoms with van der Waals surface area (Å²) < 4.78 is 24.5. The maximum Gasteiger partial charge on any atom is 0.259 e. The lowest BCUT2D eigenvalue weighted by molar-refractivity contribution is 0.0153. The van der Waals surface area contributed by atoms with Crippen LogP contribution in [0.2, 0.25) is 0 Å². The van der Waals surface area contributed by atoms with Crippen molar-refractivity contribution in [3.8, 4) is 0 Å². The van der Waals surface area contributed by atoms with Crippen LogP contribution < -0.4 is 0 Å². The Balaban J connectivity index is 2.54. The van der Waals surface area contributed by atoms with E-state index in [0.717, 1.165) is 0 Å². The van der Waals surface area contributed by atoms with Gasteiger partial charge in [-0.15, -0.1) is 0 Å². The van der Waals surface area contributed by atoms with Gasteiger partial charge < -0.3 is 0 Å². The highest BCUT2D eigenvalue weighted by Crippen LogP contribution is 2.38. The predicted octanol–water partition coefficient (Wildman–Crippen LogP) is 2.10. The summed E-state index contributed by atoms with van der Waals surface area (Å²) in [7, 11) is 0. The van der Waals surface area contributed by atoms with Crippen LogP contribution in [0.4, 0.5) is 8.78 Å². The molecule has 1 rings (SSSR count). The molecule has 1 atom stereocenters. The number of hydrogen-bond donors (Lipinski definition) is 1. The van der Waals surface area contributed by atoms with Gasteiger partial charge in [0.05, 0.1) is 5.25 Å². The first kappa shape index (κ1) is 6.33. The van der Waals surface area contributed by atoms with Gasteiger partial charge in [0.25, 0.3) is 5.92 Å². The first-order valence-electron chi connectivity index (χ1n) is 2.69. The summed E-state index contributed by atoms with van der Waals surface area (Å²) in [5.74, 6) is -2.48. The van der Waals surface area contributed by atoms with E-state index in [-0.39, 0.29) is 6.42 Å². The molecular weight excluding hydrogens is 130 g/mol. The van der Waals surface area contributed by atoms with Crippen molar-refractivity contribution in [1.29, 1.82) is 0 Å². The third-order valence-corrected chi connectivity index (χ3v) is 2.11. The van der Waals surface area contributed by atoms with Crippen LogP contribution in [0.3, 0.4) is 0 Å². The Bertz CT molecular complexity index is 92.4. The molecule has 3 heteroatoms. The van der Waals surface area contributed by atoms with Crippen LogP contribution in [0.1, 0.15) is 19.3 Å². The highest BCUT2D eigenvalue weighted by Gasteiger charge is 2.41. The number of alkyl halides is 2. The molecule has 0 bridgehead atoms. The normalized spacial score (nSPS) is 35.6. The van der Waals surface area contributed by atoms with Crippen LogP contribution in [0.25, 0.3) is 0 Å². The Labute approximate surface area is 52.7 Å². The maximum absolute atomic E-state index is 12.3. The van der Waals surface area contributed by atoms with Crippen molar-refractivity contribution in [3.63, 3.8) is 0 Å². The van der Waals surface area contributed by atoms with E-state index in [2.05, 4.69) is 12.6 Å². The lowest BCUT2D eigenvalue weighted by Gasteiger charge is -2.11. The minimum Gasteiger partial charge on any atom is -0.206 e. The van der Waals surface area contributed by atoms with Gasteiger partial charge in [-0.25, -0.2) is 8.78 Å². The van der Waals surface area contributed by atoms with Gasteiger partial charge in [-0.1, -0.05) is 0 Å². The van der Waals surface area contributed by atoms with Crippen molar-refractivity contribution < 1.29 is 8.78 Å². The summed E-state index contributed by atoms with van der Waals surface area (Å²) in [4.78, 5) is 0. The zero-order chi connectivity index (χ0) is 6.20. The zero-order valence-corrected chi connectivity index (χ0v) is 5.30. The molecule has 1 saturated carbocycles. The van der Waals surface area contributed by atoms with Crippen LogP contribution >= 0.6 is 12.6 Å². The highest BCUT2D eigenvalue weighted by atomic mass is 32.1. The maximum atomic E-state index is 12.3. The van der Waals surface area contributed by atoms with Crippen molar-refractivity contribution in [3.05, 3.63) is 0 Å². The topological polar surface area (TPSA) is 0 Å². The molecule has 0 nitrogen and oxygen atoms in total. The van der Waals surface area contributed by atoms with Gasteiger partial charge >= 0.3 is 0 Å². The van der Waals surface area contributed by atoms with Crippen molar-refractivity contribution in [2.75, 3.05) is 0 Å². The second-order valence-electron chi connectivity index (χ2n) is 2.17. The molecular formula is C5H8F2S. The second-order valence-corrected chi connectivity index (χ2v) is 2.79. The second kappa shape index (κ2) is 1.87. The van der Waals surface area contributed by atoms with E-state index in [4.69, 9.17) is 0 Å². The van der Waals surface area contributed by atoms with Crippen molar-refractivity contribution in [1.82, 2.24) is 0 Å². The molecule has 1 fully saturated rings. The molecule has 0 aliphatic heterocycles. The van der Waals surface area contributed by atoms with Gasteiger partial charge in [0, 0.05) is 6.42 Å². The van der Waals surface area contributed by atoms with Gasteiger partial charge in [0.2, 0.25) is 0 Å². The summed E-state index contributed by atoms with van der Waals surface area (Å²) >= 11 is 3.72. The van der Waals surface area contributed by atoms with Crippen LogP contribution in [-0.4, -0.2) is 11.2 Å². The Morgan fingerprint density at radius 3 is 2.25 bits per heavy atom. The van der Waals surface area contributed by atoms with Gasteiger partial charge in [0.1, 0.15) is 0 Å². The molecule has 1 aliphatic carbocycles. The first-order chi connectivity index (χ1) is 3.63. The fourth-order valence-corrected chi connectivity index (χ4v) is 1.22. The summed E-state index contributed by atoms with van der Waals surface area (Å²) in [6, 6.07) is 0. The third-order valence-electron chi connectivity index (χ3n) is 1.48. The number of hydrogen-bond acceptors (Lipinski definition) is 1. The quantitative estimate of drug-likeness (QED) is 0.487. The van der Waals surface area contributed by atoms with E-state index >= 15 is 0 Å². The summed E-state index contributed by atoms with van der Waals surface area (Å²) in [6.45, 7) is 0. The highest BCUT2D eigenvalue weighted by molar-refractivity contribution is 7.81. The number of rotatable bonds is 0. The molecule has 0 aromatic heterocycles. The largest absolute Gasteiger partial charge is 0.259 e. The molecule has 48 valence electrons. The molecule has 8 heavy (non-hydrogen) atoms. The van der Waals surface area contributed by atoms with Crippen LogP contribution in [0, 0.1) is 0 Å². The zero-order valence-electron chi connectivity index (χ0n) is 4.40. The fourth-order valence-electron chi connectivity index (χ4n) is 0.909. The summed E-state index contributed by atoms with van der Waals surface area (Å²) in [5.41, 5.74) is 0. The molecule has 0 N–H and O–H groups in total. The lowest BCUT2D eigenvalue weighted by atomic mass is 10.3. The monoisotopic (exact) mass is 138 g/mol. The number of halogens is 2. The van der Waals surface area contributed by atoms with Crippen molar-refractivity contribution in [2.45, 2.75) is 30.4 Å². The Morgan fingerprint density at radius 1 is 1.50 bits per heavy atom. The molecule has 0 heterocycles. The van der Waals surface area contributed by atoms with Crippen molar-refractivity contribution in [2.24, 2.45) is 0 Å². The minimum atomic E-state index is -2.48. The van der Waals surface area contributed by atoms with E-state index in [0.29, 0.717) is 12.8 Å². The van der Waals surface area contributed by atoms with Crippen LogP contribution in [0.5, 0.6) is 0 Å². The predicted molar refractivity (Wildman–Crippen MR) is 31.6 cm³/mol. The van der Waals surface area contributed by atoms with E-state index in [1.54, 1.807) is 0 Å². The molecule has 1 unspecified atom stereocenters.